The van der Waals surface area contributed by atoms with Crippen LogP contribution in [0, 0.1) is 0 Å². The molecule has 3 atom stereocenters. The molecule has 1 heterocycles. The highest BCUT2D eigenvalue weighted by molar-refractivity contribution is 5.77. The molecular weight excluding hydrogens is 492 g/mol. The fourth-order valence-electron chi connectivity index (χ4n) is 5.70. The van der Waals surface area contributed by atoms with Crippen LogP contribution in [0.25, 0.3) is 11.1 Å². The van der Waals surface area contributed by atoms with E-state index in [1.54, 1.807) is 0 Å². The SMILES string of the molecule is NC(=O)Cc1ccc(-c2ccc(CO[C@@H]3CC[C@H](N4CCCCCC4)[C@H]3OC/C=C\CCC(=O)O)cc2)cc1. The van der Waals surface area contributed by atoms with Gasteiger partial charge in [0.15, 0.2) is 0 Å². The van der Waals surface area contributed by atoms with Crippen LogP contribution in [-0.4, -0.2) is 59.8 Å². The van der Waals surface area contributed by atoms with Crippen LogP contribution in [-0.2, 0) is 32.1 Å². The first-order chi connectivity index (χ1) is 19.0. The summed E-state index contributed by atoms with van der Waals surface area (Å²) < 4.78 is 12.9. The van der Waals surface area contributed by atoms with E-state index in [4.69, 9.17) is 20.3 Å². The van der Waals surface area contributed by atoms with Crippen molar-refractivity contribution in [2.24, 2.45) is 5.73 Å². The highest BCUT2D eigenvalue weighted by Crippen LogP contribution is 2.32. The van der Waals surface area contributed by atoms with Crippen molar-refractivity contribution in [3.8, 4) is 11.1 Å². The molecule has 1 aliphatic heterocycles. The van der Waals surface area contributed by atoms with Crippen LogP contribution in [0.5, 0.6) is 0 Å². The first kappa shape index (κ1) is 29.0. The normalized spacial score (nSPS) is 22.2. The fourth-order valence-corrected chi connectivity index (χ4v) is 5.70. The van der Waals surface area contributed by atoms with E-state index >= 15 is 0 Å². The Balaban J connectivity index is 1.34. The number of rotatable bonds is 13. The number of allylic oxidation sites excluding steroid dienone is 1. The Morgan fingerprint density at radius 1 is 0.872 bits per heavy atom. The third kappa shape index (κ3) is 9.02. The molecule has 210 valence electrons. The van der Waals surface area contributed by atoms with Gasteiger partial charge in [0.1, 0.15) is 0 Å². The molecule has 1 aliphatic carbocycles. The van der Waals surface area contributed by atoms with Gasteiger partial charge in [-0.2, -0.15) is 0 Å². The summed E-state index contributed by atoms with van der Waals surface area (Å²) in [6, 6.07) is 16.7. The Kier molecular flexibility index (Phi) is 11.1. The molecule has 0 spiro atoms. The molecule has 7 nitrogen and oxygen atoms in total. The molecule has 7 heteroatoms. The first-order valence-electron chi connectivity index (χ1n) is 14.3. The van der Waals surface area contributed by atoms with Crippen molar-refractivity contribution >= 4 is 11.9 Å². The minimum Gasteiger partial charge on any atom is -0.481 e. The number of hydrogen-bond acceptors (Lipinski definition) is 5. The molecule has 0 unspecified atom stereocenters. The van der Waals surface area contributed by atoms with Gasteiger partial charge >= 0.3 is 5.97 Å². The van der Waals surface area contributed by atoms with E-state index in [0.29, 0.717) is 25.7 Å². The number of amides is 1. The van der Waals surface area contributed by atoms with Crippen LogP contribution in [0.2, 0.25) is 0 Å². The summed E-state index contributed by atoms with van der Waals surface area (Å²) in [6.07, 6.45) is 11.9. The Labute approximate surface area is 232 Å². The Morgan fingerprint density at radius 3 is 2.13 bits per heavy atom. The number of nitrogens with zero attached hydrogens (tertiary/aromatic N) is 1. The topological polar surface area (TPSA) is 102 Å². The van der Waals surface area contributed by atoms with E-state index in [9.17, 15) is 9.59 Å². The van der Waals surface area contributed by atoms with Crippen molar-refractivity contribution in [3.63, 3.8) is 0 Å². The molecule has 2 aliphatic rings. The Morgan fingerprint density at radius 2 is 1.51 bits per heavy atom. The lowest BCUT2D eigenvalue weighted by molar-refractivity contribution is -0.136. The average Bonchev–Trinajstić information content (AvgIpc) is 3.12. The largest absolute Gasteiger partial charge is 0.481 e. The quantitative estimate of drug-likeness (QED) is 0.346. The molecule has 4 rings (SSSR count). The summed E-state index contributed by atoms with van der Waals surface area (Å²) in [6.45, 7) is 3.25. The highest BCUT2D eigenvalue weighted by Gasteiger charge is 2.40. The molecule has 1 saturated heterocycles. The van der Waals surface area contributed by atoms with Crippen molar-refractivity contribution in [1.82, 2.24) is 4.90 Å². The fraction of sp³-hybridized carbons (Fsp3) is 0.500. The summed E-state index contributed by atoms with van der Waals surface area (Å²) in [7, 11) is 0. The standard InChI is InChI=1S/C32H42N2O5/c33-30(35)22-24-9-13-26(14-10-24)27-15-11-25(12-16-27)23-39-29-18-17-28(34-19-5-1-2-6-20-34)32(29)38-21-7-3-4-8-31(36)37/h3,7,9-16,28-29,32H,1-2,4-6,8,17-23H2,(H2,33,35)(H,36,37)/b7-3-/t28-,29+,32+/m0/s1. The number of primary amides is 1. The van der Waals surface area contributed by atoms with Gasteiger partial charge in [0, 0.05) is 12.5 Å². The minimum atomic E-state index is -0.780. The number of benzene rings is 2. The summed E-state index contributed by atoms with van der Waals surface area (Å²) in [4.78, 5) is 24.5. The van der Waals surface area contributed by atoms with Gasteiger partial charge in [0.05, 0.1) is 31.8 Å². The molecule has 2 aromatic carbocycles. The lowest BCUT2D eigenvalue weighted by atomic mass is 10.0. The molecule has 2 fully saturated rings. The monoisotopic (exact) mass is 534 g/mol. The van der Waals surface area contributed by atoms with Crippen LogP contribution in [0.4, 0.5) is 0 Å². The van der Waals surface area contributed by atoms with Gasteiger partial charge in [-0.25, -0.2) is 0 Å². The first-order valence-corrected chi connectivity index (χ1v) is 14.3. The van der Waals surface area contributed by atoms with Gasteiger partial charge in [-0.1, -0.05) is 73.5 Å². The summed E-state index contributed by atoms with van der Waals surface area (Å²) in [5.41, 5.74) is 9.54. The number of carboxylic acid groups (broad SMARTS) is 1. The van der Waals surface area contributed by atoms with Crippen molar-refractivity contribution in [1.29, 1.82) is 0 Å². The van der Waals surface area contributed by atoms with Gasteiger partial charge in [0.2, 0.25) is 5.91 Å². The average molecular weight is 535 g/mol. The van der Waals surface area contributed by atoms with E-state index in [2.05, 4.69) is 29.2 Å². The minimum absolute atomic E-state index is 0.00501. The van der Waals surface area contributed by atoms with Crippen LogP contribution in [0.3, 0.4) is 0 Å². The maximum Gasteiger partial charge on any atom is 0.303 e. The maximum atomic E-state index is 11.1. The number of nitrogens with two attached hydrogens (primary N) is 1. The summed E-state index contributed by atoms with van der Waals surface area (Å²) >= 11 is 0. The second-order valence-corrected chi connectivity index (χ2v) is 10.7. The number of carbonyl (C=O) groups excluding carboxylic acids is 1. The lowest BCUT2D eigenvalue weighted by Gasteiger charge is -2.33. The van der Waals surface area contributed by atoms with Crippen LogP contribution < -0.4 is 5.73 Å². The second-order valence-electron chi connectivity index (χ2n) is 10.7. The summed E-state index contributed by atoms with van der Waals surface area (Å²) in [5, 5.41) is 8.84. The van der Waals surface area contributed by atoms with E-state index in [1.165, 1.54) is 25.7 Å². The number of carboxylic acids is 1. The molecule has 0 radical (unpaired) electrons. The van der Waals surface area contributed by atoms with Crippen molar-refractivity contribution in [2.45, 2.75) is 82.6 Å². The number of ether oxygens (including phenoxy) is 2. The van der Waals surface area contributed by atoms with E-state index in [1.807, 2.05) is 36.4 Å². The number of hydrogen-bond donors (Lipinski definition) is 2. The van der Waals surface area contributed by atoms with Gasteiger partial charge < -0.3 is 20.3 Å². The van der Waals surface area contributed by atoms with Gasteiger partial charge in [0.25, 0.3) is 0 Å². The Hall–Kier alpha value is -3.00. The van der Waals surface area contributed by atoms with Crippen molar-refractivity contribution in [2.75, 3.05) is 19.7 Å². The molecule has 1 amide bonds. The molecular formula is C32H42N2O5. The van der Waals surface area contributed by atoms with E-state index in [0.717, 1.165) is 48.2 Å². The zero-order valence-corrected chi connectivity index (χ0v) is 22.8. The van der Waals surface area contributed by atoms with Crippen LogP contribution in [0.15, 0.2) is 60.7 Å². The smallest absolute Gasteiger partial charge is 0.303 e. The highest BCUT2D eigenvalue weighted by atomic mass is 16.5. The number of likely N-dealkylation sites (tertiary alicyclic amines) is 1. The third-order valence-corrected chi connectivity index (χ3v) is 7.76. The van der Waals surface area contributed by atoms with Crippen molar-refractivity contribution in [3.05, 3.63) is 71.8 Å². The maximum absolute atomic E-state index is 11.1. The zero-order valence-electron chi connectivity index (χ0n) is 22.8. The second kappa shape index (κ2) is 15.0. The van der Waals surface area contributed by atoms with E-state index < -0.39 is 5.97 Å². The number of aliphatic carboxylic acids is 1. The van der Waals surface area contributed by atoms with Crippen LogP contribution >= 0.6 is 0 Å². The van der Waals surface area contributed by atoms with Crippen LogP contribution in [0.1, 0.15) is 62.5 Å². The Bertz CT molecular complexity index is 1070. The molecule has 1 saturated carbocycles. The zero-order chi connectivity index (χ0) is 27.5. The predicted octanol–water partition coefficient (Wildman–Crippen LogP) is 5.11. The molecule has 0 aromatic heterocycles. The molecule has 2 aromatic rings. The van der Waals surface area contributed by atoms with Gasteiger partial charge in [-0.3, -0.25) is 14.5 Å². The lowest BCUT2D eigenvalue weighted by Crippen LogP contribution is -2.45. The van der Waals surface area contributed by atoms with Crippen molar-refractivity contribution < 1.29 is 24.2 Å². The third-order valence-electron chi connectivity index (χ3n) is 7.76. The van der Waals surface area contributed by atoms with Gasteiger partial charge in [-0.05, 0) is 67.4 Å². The van der Waals surface area contributed by atoms with E-state index in [-0.39, 0.29) is 31.0 Å². The molecule has 0 bridgehead atoms. The summed E-state index contributed by atoms with van der Waals surface area (Å²) in [5.74, 6) is -1.11. The van der Waals surface area contributed by atoms with Gasteiger partial charge in [-0.15, -0.1) is 0 Å². The predicted molar refractivity (Wildman–Crippen MR) is 152 cm³/mol. The number of carbonyl (C=O) groups is 2. The molecule has 39 heavy (non-hydrogen) atoms. The molecule has 3 N–H and O–H groups in total.